The molecule has 6 nitrogen and oxygen atoms in total. The van der Waals surface area contributed by atoms with E-state index < -0.39 is 10.0 Å². The summed E-state index contributed by atoms with van der Waals surface area (Å²) in [5, 5.41) is 0. The van der Waals surface area contributed by atoms with E-state index in [0.29, 0.717) is 20.8 Å². The van der Waals surface area contributed by atoms with Gasteiger partial charge < -0.3 is 5.73 Å². The zero-order valence-electron chi connectivity index (χ0n) is 9.96. The average molecular weight is 390 g/mol. The Bertz CT molecular complexity index is 718. The zero-order chi connectivity index (χ0) is 14.0. The molecule has 0 spiro atoms. The lowest BCUT2D eigenvalue weighted by atomic mass is 10.2. The third-order valence-electron chi connectivity index (χ3n) is 2.46. The van der Waals surface area contributed by atoms with Crippen LogP contribution < -0.4 is 10.5 Å². The largest absolute Gasteiger partial charge is 0.382 e. The lowest BCUT2D eigenvalue weighted by molar-refractivity contribution is 0.588. The van der Waals surface area contributed by atoms with Crippen molar-refractivity contribution in [2.24, 2.45) is 0 Å². The second-order valence-corrected chi connectivity index (χ2v) is 6.58. The van der Waals surface area contributed by atoms with Gasteiger partial charge in [-0.15, -0.1) is 0 Å². The van der Waals surface area contributed by atoms with E-state index in [4.69, 9.17) is 5.73 Å². The number of aromatic nitrogens is 2. The third kappa shape index (κ3) is 3.01. The van der Waals surface area contributed by atoms with Gasteiger partial charge in [-0.1, -0.05) is 12.1 Å². The summed E-state index contributed by atoms with van der Waals surface area (Å²) >= 11 is 1.98. The Hall–Kier alpha value is -1.26. The van der Waals surface area contributed by atoms with Gasteiger partial charge in [0.1, 0.15) is 3.70 Å². The van der Waals surface area contributed by atoms with Crippen LogP contribution in [-0.4, -0.2) is 25.4 Å². The van der Waals surface area contributed by atoms with Crippen LogP contribution in [0.2, 0.25) is 0 Å². The van der Waals surface area contributed by atoms with E-state index in [1.807, 2.05) is 22.6 Å². The van der Waals surface area contributed by atoms with Crippen molar-refractivity contribution in [1.82, 2.24) is 14.7 Å². The number of nitrogens with two attached hydrogens (primary N) is 1. The highest BCUT2D eigenvalue weighted by Crippen LogP contribution is 2.22. The molecule has 0 aliphatic heterocycles. The summed E-state index contributed by atoms with van der Waals surface area (Å²) in [6.45, 7) is 0. The summed E-state index contributed by atoms with van der Waals surface area (Å²) in [7, 11) is -2.10. The normalized spacial score (nSPS) is 11.5. The van der Waals surface area contributed by atoms with Crippen LogP contribution in [0.5, 0.6) is 0 Å². The van der Waals surface area contributed by atoms with Gasteiger partial charge in [0.15, 0.2) is 5.82 Å². The highest BCUT2D eigenvalue weighted by Gasteiger charge is 2.13. The molecule has 0 saturated carbocycles. The van der Waals surface area contributed by atoms with Crippen LogP contribution in [-0.2, 0) is 10.0 Å². The molecule has 0 saturated heterocycles. The number of nitrogen functional groups attached to an aromatic ring is 1. The molecule has 0 bridgehead atoms. The highest BCUT2D eigenvalue weighted by molar-refractivity contribution is 14.1. The molecule has 3 N–H and O–H groups in total. The SMILES string of the molecule is CNS(=O)(=O)c1cccc(-c2cnc(N)c(I)n2)c1. The fraction of sp³-hybridized carbons (Fsp3) is 0.0909. The highest BCUT2D eigenvalue weighted by atomic mass is 127. The summed E-state index contributed by atoms with van der Waals surface area (Å²) in [6.07, 6.45) is 1.52. The van der Waals surface area contributed by atoms with E-state index in [1.165, 1.54) is 19.3 Å². The monoisotopic (exact) mass is 390 g/mol. The Balaban J connectivity index is 2.52. The first-order valence-corrected chi connectivity index (χ1v) is 7.82. The molecule has 0 radical (unpaired) electrons. The molecule has 2 rings (SSSR count). The molecule has 1 aromatic carbocycles. The Morgan fingerprint density at radius 3 is 2.74 bits per heavy atom. The summed E-state index contributed by atoms with van der Waals surface area (Å²) in [4.78, 5) is 8.47. The van der Waals surface area contributed by atoms with E-state index in [2.05, 4.69) is 14.7 Å². The molecular weight excluding hydrogens is 379 g/mol. The Kier molecular flexibility index (Phi) is 4.02. The molecule has 2 aromatic rings. The summed E-state index contributed by atoms with van der Waals surface area (Å²) in [5.74, 6) is 0.350. The fourth-order valence-electron chi connectivity index (χ4n) is 1.46. The lowest BCUT2D eigenvalue weighted by Gasteiger charge is -2.06. The van der Waals surface area contributed by atoms with Gasteiger partial charge in [0.05, 0.1) is 16.8 Å². The van der Waals surface area contributed by atoms with Crippen molar-refractivity contribution in [3.8, 4) is 11.3 Å². The number of anilines is 1. The molecule has 1 heterocycles. The van der Waals surface area contributed by atoms with E-state index in [0.717, 1.165) is 0 Å². The Labute approximate surface area is 124 Å². The van der Waals surface area contributed by atoms with E-state index in [1.54, 1.807) is 18.2 Å². The number of hydrogen-bond donors (Lipinski definition) is 2. The number of halogens is 1. The zero-order valence-corrected chi connectivity index (χ0v) is 12.9. The van der Waals surface area contributed by atoms with Crippen molar-refractivity contribution in [2.45, 2.75) is 4.90 Å². The van der Waals surface area contributed by atoms with Gasteiger partial charge in [0.2, 0.25) is 10.0 Å². The minimum absolute atomic E-state index is 0.182. The lowest BCUT2D eigenvalue weighted by Crippen LogP contribution is -2.18. The molecule has 8 heteroatoms. The predicted octanol–water partition coefficient (Wildman–Crippen LogP) is 1.24. The van der Waals surface area contributed by atoms with Gasteiger partial charge in [-0.05, 0) is 41.8 Å². The van der Waals surface area contributed by atoms with Gasteiger partial charge >= 0.3 is 0 Å². The van der Waals surface area contributed by atoms with Gasteiger partial charge in [0.25, 0.3) is 0 Å². The number of nitrogens with one attached hydrogen (secondary N) is 1. The van der Waals surface area contributed by atoms with Gasteiger partial charge in [-0.25, -0.2) is 23.1 Å². The second-order valence-electron chi connectivity index (χ2n) is 3.67. The van der Waals surface area contributed by atoms with E-state index >= 15 is 0 Å². The van der Waals surface area contributed by atoms with Gasteiger partial charge in [-0.3, -0.25) is 0 Å². The molecule has 0 aliphatic carbocycles. The number of sulfonamides is 1. The average Bonchev–Trinajstić information content (AvgIpc) is 2.42. The molecule has 0 fully saturated rings. The molecule has 0 amide bonds. The number of rotatable bonds is 3. The smallest absolute Gasteiger partial charge is 0.240 e. The van der Waals surface area contributed by atoms with Crippen LogP contribution >= 0.6 is 22.6 Å². The topological polar surface area (TPSA) is 98.0 Å². The molecule has 19 heavy (non-hydrogen) atoms. The third-order valence-corrected chi connectivity index (χ3v) is 4.67. The molecule has 0 unspecified atom stereocenters. The maximum Gasteiger partial charge on any atom is 0.240 e. The van der Waals surface area contributed by atoms with E-state index in [9.17, 15) is 8.42 Å². The van der Waals surface area contributed by atoms with Crippen molar-refractivity contribution in [3.05, 3.63) is 34.2 Å². The quantitative estimate of drug-likeness (QED) is 0.769. The number of nitrogens with zero attached hydrogens (tertiary/aromatic N) is 2. The Morgan fingerprint density at radius 2 is 2.11 bits per heavy atom. The molecule has 0 atom stereocenters. The first-order valence-electron chi connectivity index (χ1n) is 5.26. The predicted molar refractivity (Wildman–Crippen MR) is 80.8 cm³/mol. The fourth-order valence-corrected chi connectivity index (χ4v) is 2.63. The molecular formula is C11H11IN4O2S. The maximum atomic E-state index is 11.7. The minimum Gasteiger partial charge on any atom is -0.382 e. The van der Waals surface area contributed by atoms with Crippen molar-refractivity contribution < 1.29 is 8.42 Å². The van der Waals surface area contributed by atoms with E-state index in [-0.39, 0.29) is 4.90 Å². The van der Waals surface area contributed by atoms with Crippen molar-refractivity contribution in [2.75, 3.05) is 12.8 Å². The van der Waals surface area contributed by atoms with Crippen molar-refractivity contribution >= 4 is 38.4 Å². The van der Waals surface area contributed by atoms with Crippen LogP contribution in [0.25, 0.3) is 11.3 Å². The summed E-state index contributed by atoms with van der Waals surface area (Å²) < 4.78 is 26.3. The van der Waals surface area contributed by atoms with Crippen LogP contribution in [0.1, 0.15) is 0 Å². The van der Waals surface area contributed by atoms with Crippen LogP contribution in [0.4, 0.5) is 5.82 Å². The van der Waals surface area contributed by atoms with Gasteiger partial charge in [0, 0.05) is 5.56 Å². The van der Waals surface area contributed by atoms with Crippen LogP contribution in [0.15, 0.2) is 35.4 Å². The van der Waals surface area contributed by atoms with Crippen LogP contribution in [0, 0.1) is 3.70 Å². The Morgan fingerprint density at radius 1 is 1.37 bits per heavy atom. The van der Waals surface area contributed by atoms with Gasteiger partial charge in [-0.2, -0.15) is 0 Å². The first kappa shape index (κ1) is 14.2. The second kappa shape index (κ2) is 5.39. The summed E-state index contributed by atoms with van der Waals surface area (Å²) in [5.41, 5.74) is 6.84. The number of hydrogen-bond acceptors (Lipinski definition) is 5. The van der Waals surface area contributed by atoms with Crippen molar-refractivity contribution in [1.29, 1.82) is 0 Å². The minimum atomic E-state index is -3.47. The van der Waals surface area contributed by atoms with Crippen LogP contribution in [0.3, 0.4) is 0 Å². The molecule has 0 aliphatic rings. The summed E-state index contributed by atoms with van der Waals surface area (Å²) in [6, 6.07) is 6.49. The molecule has 1 aromatic heterocycles. The number of benzene rings is 1. The maximum absolute atomic E-state index is 11.7. The van der Waals surface area contributed by atoms with Crippen molar-refractivity contribution in [3.63, 3.8) is 0 Å². The standard InChI is InChI=1S/C11H11IN4O2S/c1-14-19(17,18)8-4-2-3-7(5-8)9-6-15-11(13)10(12)16-9/h2-6,14H,1H3,(H2,13,15). The first-order chi connectivity index (χ1) is 8.94. The molecule has 100 valence electrons.